The predicted molar refractivity (Wildman–Crippen MR) is 90.0 cm³/mol. The Labute approximate surface area is 135 Å². The van der Waals surface area contributed by atoms with E-state index >= 15 is 0 Å². The van der Waals surface area contributed by atoms with Gasteiger partial charge in [-0.25, -0.2) is 4.79 Å². The van der Waals surface area contributed by atoms with Crippen LogP contribution in [0.5, 0.6) is 0 Å². The van der Waals surface area contributed by atoms with Crippen molar-refractivity contribution >= 4 is 38.8 Å². The van der Waals surface area contributed by atoms with Gasteiger partial charge in [-0.2, -0.15) is 0 Å². The molecule has 0 fully saturated rings. The molecule has 22 heavy (non-hydrogen) atoms. The molecule has 0 radical (unpaired) electrons. The summed E-state index contributed by atoms with van der Waals surface area (Å²) in [6.45, 7) is 0. The molecule has 0 atom stereocenters. The zero-order chi connectivity index (χ0) is 15.5. The number of allylic oxidation sites excluding steroid dienone is 1. The normalized spacial score (nSPS) is 11.1. The topological polar surface area (TPSA) is 47.3 Å². The maximum Gasteiger partial charge on any atom is 0.347 e. The van der Waals surface area contributed by atoms with Gasteiger partial charge in [0.1, 0.15) is 11.1 Å². The molecule has 1 aromatic heterocycles. The van der Waals surface area contributed by atoms with E-state index in [9.17, 15) is 9.59 Å². The summed E-state index contributed by atoms with van der Waals surface area (Å²) in [6.07, 6.45) is 3.05. The summed E-state index contributed by atoms with van der Waals surface area (Å²) in [5, 5.41) is 0.725. The molecule has 3 aromatic rings. The van der Waals surface area contributed by atoms with Crippen molar-refractivity contribution in [1.82, 2.24) is 0 Å². The Kier molecular flexibility index (Phi) is 4.02. The number of ketones is 1. The summed E-state index contributed by atoms with van der Waals surface area (Å²) in [4.78, 5) is 24.1. The minimum absolute atomic E-state index is 0.0343. The first-order valence-corrected chi connectivity index (χ1v) is 7.44. The fraction of sp³-hybridized carbons (Fsp3) is 0. The second-order valence-electron chi connectivity index (χ2n) is 4.73. The lowest BCUT2D eigenvalue weighted by Crippen LogP contribution is -2.11. The van der Waals surface area contributed by atoms with Crippen LogP contribution in [0.3, 0.4) is 0 Å². The quantitative estimate of drug-likeness (QED) is 0.396. The highest BCUT2D eigenvalue weighted by atomic mass is 79.9. The van der Waals surface area contributed by atoms with Crippen LogP contribution in [0.4, 0.5) is 0 Å². The number of rotatable bonds is 3. The van der Waals surface area contributed by atoms with Crippen molar-refractivity contribution in [2.24, 2.45) is 0 Å². The van der Waals surface area contributed by atoms with E-state index in [1.807, 2.05) is 30.3 Å². The van der Waals surface area contributed by atoms with Crippen LogP contribution in [0.2, 0.25) is 0 Å². The van der Waals surface area contributed by atoms with E-state index in [0.29, 0.717) is 5.58 Å². The van der Waals surface area contributed by atoms with Crippen LogP contribution >= 0.6 is 15.9 Å². The highest BCUT2D eigenvalue weighted by molar-refractivity contribution is 9.10. The van der Waals surface area contributed by atoms with Gasteiger partial charge in [0.05, 0.1) is 0 Å². The van der Waals surface area contributed by atoms with Gasteiger partial charge in [-0.05, 0) is 35.9 Å². The van der Waals surface area contributed by atoms with Crippen LogP contribution in [-0.2, 0) is 0 Å². The number of carbonyl (C=O) groups excluding carboxylic acids is 1. The fourth-order valence-corrected chi connectivity index (χ4v) is 2.33. The van der Waals surface area contributed by atoms with Gasteiger partial charge in [0, 0.05) is 9.86 Å². The predicted octanol–water partition coefficient (Wildman–Crippen LogP) is 4.45. The molecule has 108 valence electrons. The Hall–Kier alpha value is -2.46. The maximum absolute atomic E-state index is 12.2. The fourth-order valence-electron chi connectivity index (χ4n) is 2.07. The van der Waals surface area contributed by atoms with Crippen molar-refractivity contribution in [1.29, 1.82) is 0 Å². The van der Waals surface area contributed by atoms with Gasteiger partial charge in [-0.15, -0.1) is 0 Å². The van der Waals surface area contributed by atoms with Crippen LogP contribution < -0.4 is 5.63 Å². The second kappa shape index (κ2) is 6.12. The minimum atomic E-state index is -0.621. The Morgan fingerprint density at radius 3 is 2.55 bits per heavy atom. The van der Waals surface area contributed by atoms with Crippen LogP contribution in [0, 0.1) is 0 Å². The van der Waals surface area contributed by atoms with Crippen molar-refractivity contribution in [2.75, 3.05) is 0 Å². The van der Waals surface area contributed by atoms with Gasteiger partial charge in [0.15, 0.2) is 5.78 Å². The third kappa shape index (κ3) is 3.07. The molecule has 0 aliphatic carbocycles. The van der Waals surface area contributed by atoms with Gasteiger partial charge in [-0.1, -0.05) is 52.3 Å². The molecule has 3 nitrogen and oxygen atoms in total. The Morgan fingerprint density at radius 1 is 1.05 bits per heavy atom. The zero-order valence-electron chi connectivity index (χ0n) is 11.5. The molecule has 0 aliphatic rings. The molecular formula is C18H11BrO3. The Bertz CT molecular complexity index is 921. The number of hydrogen-bond acceptors (Lipinski definition) is 3. The summed E-state index contributed by atoms with van der Waals surface area (Å²) in [5.41, 5.74) is 0.763. The first-order valence-electron chi connectivity index (χ1n) is 6.64. The molecule has 0 N–H and O–H groups in total. The molecule has 4 heteroatoms. The summed E-state index contributed by atoms with van der Waals surface area (Å²) < 4.78 is 6.13. The average Bonchev–Trinajstić information content (AvgIpc) is 2.53. The third-order valence-corrected chi connectivity index (χ3v) is 3.73. The molecule has 1 heterocycles. The number of carbonyl (C=O) groups is 1. The van der Waals surface area contributed by atoms with Gasteiger partial charge < -0.3 is 4.42 Å². The van der Waals surface area contributed by atoms with Crippen molar-refractivity contribution in [3.05, 3.63) is 86.7 Å². The van der Waals surface area contributed by atoms with E-state index in [1.54, 1.807) is 30.3 Å². The molecule has 3 rings (SSSR count). The maximum atomic E-state index is 12.2. The molecule has 0 amide bonds. The van der Waals surface area contributed by atoms with Crippen LogP contribution in [0.15, 0.2) is 74.4 Å². The zero-order valence-corrected chi connectivity index (χ0v) is 13.0. The monoisotopic (exact) mass is 354 g/mol. The van der Waals surface area contributed by atoms with E-state index in [4.69, 9.17) is 4.42 Å². The molecule has 0 saturated heterocycles. The van der Waals surface area contributed by atoms with E-state index in [2.05, 4.69) is 15.9 Å². The Balaban J connectivity index is 1.93. The molecule has 2 aromatic carbocycles. The highest BCUT2D eigenvalue weighted by Crippen LogP contribution is 2.14. The van der Waals surface area contributed by atoms with Gasteiger partial charge >= 0.3 is 5.63 Å². The van der Waals surface area contributed by atoms with E-state index in [0.717, 1.165) is 15.4 Å². The molecule has 0 bridgehead atoms. The lowest BCUT2D eigenvalue weighted by Gasteiger charge is -1.99. The third-order valence-electron chi connectivity index (χ3n) is 3.20. The standard InChI is InChI=1S/C18H11BrO3/c19-14-8-5-12(6-9-14)7-10-16(20)15-11-13-3-1-2-4-17(13)22-18(15)21/h1-11H/b10-7+. The van der Waals surface area contributed by atoms with Crippen LogP contribution in [-0.4, -0.2) is 5.78 Å². The summed E-state index contributed by atoms with van der Waals surface area (Å²) in [6, 6.07) is 16.2. The van der Waals surface area contributed by atoms with E-state index in [-0.39, 0.29) is 11.3 Å². The summed E-state index contributed by atoms with van der Waals surface area (Å²) in [5.74, 6) is -0.373. The summed E-state index contributed by atoms with van der Waals surface area (Å²) in [7, 11) is 0. The van der Waals surface area contributed by atoms with Crippen molar-refractivity contribution < 1.29 is 9.21 Å². The number of benzene rings is 2. The molecular weight excluding hydrogens is 344 g/mol. The first-order chi connectivity index (χ1) is 10.6. The number of fused-ring (bicyclic) bond motifs is 1. The largest absolute Gasteiger partial charge is 0.422 e. The van der Waals surface area contributed by atoms with Crippen molar-refractivity contribution in [3.8, 4) is 0 Å². The molecule has 0 spiro atoms. The van der Waals surface area contributed by atoms with Crippen molar-refractivity contribution in [2.45, 2.75) is 0 Å². The minimum Gasteiger partial charge on any atom is -0.422 e. The van der Waals surface area contributed by atoms with Gasteiger partial charge in [0.2, 0.25) is 0 Å². The average molecular weight is 355 g/mol. The van der Waals surface area contributed by atoms with Crippen LogP contribution in [0.25, 0.3) is 17.0 Å². The smallest absolute Gasteiger partial charge is 0.347 e. The number of para-hydroxylation sites is 1. The lowest BCUT2D eigenvalue weighted by molar-refractivity contribution is 0.104. The molecule has 0 aliphatic heterocycles. The van der Waals surface area contributed by atoms with Gasteiger partial charge in [-0.3, -0.25) is 4.79 Å². The SMILES string of the molecule is O=C(/C=C/c1ccc(Br)cc1)c1cc2ccccc2oc1=O. The van der Waals surface area contributed by atoms with E-state index < -0.39 is 5.63 Å². The van der Waals surface area contributed by atoms with Crippen LogP contribution in [0.1, 0.15) is 15.9 Å². The highest BCUT2D eigenvalue weighted by Gasteiger charge is 2.10. The number of halogens is 1. The molecule has 0 saturated carbocycles. The second-order valence-corrected chi connectivity index (χ2v) is 5.65. The first kappa shape index (κ1) is 14.5. The molecule has 0 unspecified atom stereocenters. The van der Waals surface area contributed by atoms with Gasteiger partial charge in [0.25, 0.3) is 0 Å². The number of hydrogen-bond donors (Lipinski definition) is 0. The van der Waals surface area contributed by atoms with E-state index in [1.165, 1.54) is 6.08 Å². The van der Waals surface area contributed by atoms with Crippen molar-refractivity contribution in [3.63, 3.8) is 0 Å². The summed E-state index contributed by atoms with van der Waals surface area (Å²) >= 11 is 3.35. The Morgan fingerprint density at radius 2 is 1.77 bits per heavy atom. The lowest BCUT2D eigenvalue weighted by atomic mass is 10.1.